The van der Waals surface area contributed by atoms with Crippen LogP contribution in [-0.4, -0.2) is 14.1 Å². The van der Waals surface area contributed by atoms with Gasteiger partial charge in [-0.2, -0.15) is 18.2 Å². The van der Waals surface area contributed by atoms with Gasteiger partial charge in [0.15, 0.2) is 0 Å². The van der Waals surface area contributed by atoms with Gasteiger partial charge in [-0.05, 0) is 92.7 Å². The number of pyridine rings is 1. The summed E-state index contributed by atoms with van der Waals surface area (Å²) in [5.41, 5.74) is 7.32. The number of fused-ring (bicyclic) bond motifs is 4. The molecule has 3 heterocycles. The topological polar surface area (TPSA) is 35.9 Å². The van der Waals surface area contributed by atoms with E-state index in [0.29, 0.717) is 39.7 Å². The Morgan fingerprint density at radius 2 is 1.36 bits per heavy atom. The zero-order chi connectivity index (χ0) is 54.6. The molecule has 0 aliphatic rings. The van der Waals surface area contributed by atoms with Crippen molar-refractivity contribution < 1.29 is 45.4 Å². The molecule has 0 unspecified atom stereocenters. The van der Waals surface area contributed by atoms with E-state index in [9.17, 15) is 5.48 Å². The summed E-state index contributed by atoms with van der Waals surface area (Å²) < 4.78 is 110. The van der Waals surface area contributed by atoms with Gasteiger partial charge in [0.1, 0.15) is 5.82 Å². The molecule has 3 aromatic heterocycles. The van der Waals surface area contributed by atoms with Gasteiger partial charge in [0.2, 0.25) is 0 Å². The summed E-state index contributed by atoms with van der Waals surface area (Å²) in [5.74, 6) is 0.665. The fraction of sp³-hybridized carbons (Fsp3) is 0.200. The number of ether oxygens (including phenoxy) is 1. The quantitative estimate of drug-likeness (QED) is 0.107. The van der Waals surface area contributed by atoms with E-state index in [-0.39, 0.29) is 107 Å². The van der Waals surface area contributed by atoms with Crippen molar-refractivity contribution in [3.8, 4) is 50.9 Å². The first-order valence-corrected chi connectivity index (χ1v) is 21.8. The van der Waals surface area contributed by atoms with Crippen LogP contribution in [0, 0.1) is 24.4 Å². The SMILES string of the molecule is [2H]c1c([2H])c([2H])c(-c2cccc(-c3cc(C(C)(C)C)cc(C(C)(C)C)c3)c2-[n+]2[c-]n(-c3[c-]c(Oc4[c-]c5c(c([2H])c4[2H])c4c([2H])c([2H])c([2H])c([2H])c4n5-c4cc(CC(C)C)ccn4)ccc3)c3ccccc32)c([2H])c1[2H].[Pt]. The molecule has 332 valence electrons. The minimum atomic E-state index is -0.493. The third-order valence-corrected chi connectivity index (χ3v) is 11.6. The average Bonchev–Trinajstić information content (AvgIpc) is 3.96. The molecule has 10 aromatic rings. The van der Waals surface area contributed by atoms with Crippen LogP contribution in [0.15, 0.2) is 164 Å². The third kappa shape index (κ3) is 8.54. The minimum Gasteiger partial charge on any atom is -0.510 e. The normalized spacial score (nSPS) is 14.3. The molecule has 0 N–H and O–H groups in total. The maximum absolute atomic E-state index is 9.38. The van der Waals surface area contributed by atoms with Gasteiger partial charge in [0, 0.05) is 45.6 Å². The van der Waals surface area contributed by atoms with Gasteiger partial charge in [-0.25, -0.2) is 4.98 Å². The van der Waals surface area contributed by atoms with Crippen molar-refractivity contribution in [1.82, 2.24) is 14.1 Å². The van der Waals surface area contributed by atoms with Crippen molar-refractivity contribution in [2.24, 2.45) is 5.92 Å². The summed E-state index contributed by atoms with van der Waals surface area (Å²) in [4.78, 5) is 4.65. The molecule has 0 aliphatic carbocycles. The predicted molar refractivity (Wildman–Crippen MR) is 267 cm³/mol. The fourth-order valence-electron chi connectivity index (χ4n) is 8.35. The van der Waals surface area contributed by atoms with Crippen molar-refractivity contribution >= 4 is 32.8 Å². The Morgan fingerprint density at radius 3 is 2.11 bits per heavy atom. The molecular weight excluding hydrogens is 988 g/mol. The second kappa shape index (κ2) is 17.7. The summed E-state index contributed by atoms with van der Waals surface area (Å²) >= 11 is 0. The Morgan fingerprint density at radius 1 is 0.667 bits per heavy atom. The molecule has 0 amide bonds. The van der Waals surface area contributed by atoms with Gasteiger partial charge < -0.3 is 13.9 Å². The van der Waals surface area contributed by atoms with Crippen LogP contribution in [0.3, 0.4) is 0 Å². The molecule has 0 atom stereocenters. The maximum Gasteiger partial charge on any atom is 0.268 e. The second-order valence-electron chi connectivity index (χ2n) is 18.9. The molecule has 0 saturated carbocycles. The van der Waals surface area contributed by atoms with Crippen molar-refractivity contribution in [1.29, 1.82) is 0 Å². The van der Waals surface area contributed by atoms with Crippen LogP contribution in [-0.2, 0) is 38.3 Å². The number of rotatable bonds is 9. The molecule has 5 nitrogen and oxygen atoms in total. The van der Waals surface area contributed by atoms with Crippen LogP contribution in [0.2, 0.25) is 0 Å². The largest absolute Gasteiger partial charge is 0.510 e. The Bertz CT molecular complexity index is 3980. The summed E-state index contributed by atoms with van der Waals surface area (Å²) in [6, 6.07) is 30.9. The van der Waals surface area contributed by atoms with Crippen molar-refractivity contribution in [2.75, 3.05) is 0 Å². The summed E-state index contributed by atoms with van der Waals surface area (Å²) in [7, 11) is 0. The first kappa shape index (κ1) is 33.0. The molecule has 6 heteroatoms. The molecular formula is C60H54N4OPt-2. The molecule has 0 spiro atoms. The van der Waals surface area contributed by atoms with Crippen LogP contribution in [0.4, 0.5) is 0 Å². The van der Waals surface area contributed by atoms with Crippen LogP contribution in [0.1, 0.15) is 87.2 Å². The zero-order valence-electron chi connectivity index (χ0n) is 49.0. The summed E-state index contributed by atoms with van der Waals surface area (Å²) in [6.07, 6.45) is 5.93. The minimum absolute atomic E-state index is 0. The Balaban J connectivity index is 0.00000722. The fourth-order valence-corrected chi connectivity index (χ4v) is 8.35. The van der Waals surface area contributed by atoms with Crippen molar-refractivity contribution in [3.63, 3.8) is 0 Å². The Kier molecular flexibility index (Phi) is 8.84. The van der Waals surface area contributed by atoms with Crippen LogP contribution in [0.5, 0.6) is 11.5 Å². The number of para-hydroxylation sites is 4. The second-order valence-corrected chi connectivity index (χ2v) is 18.9. The average molecular weight is 1050 g/mol. The van der Waals surface area contributed by atoms with E-state index in [1.54, 1.807) is 33.5 Å². The standard InChI is InChI=1S/C60H54N4O.Pt/c1-40(2)32-41-30-31-61-57(33-41)64-53-25-13-12-22-51(53)52-29-28-48(38-56(52)64)65-47-21-16-20-46(37-47)62-39-63(55-27-15-14-26-54(55)62)58-49(42-18-10-9-11-19-42)23-17-24-50(58)43-34-44(59(3,4)5)36-45(35-43)60(6,7)8;/h9-31,33-36,40H,32H2,1-8H3;/q-2;/i9D,10D,11D,12D,13D,18D,19D,22D,25D,28D,29D;. The van der Waals surface area contributed by atoms with E-state index in [2.05, 4.69) is 97.0 Å². The van der Waals surface area contributed by atoms with Gasteiger partial charge in [0.05, 0.1) is 29.1 Å². The van der Waals surface area contributed by atoms with Crippen molar-refractivity contribution in [3.05, 3.63) is 199 Å². The molecule has 7 aromatic carbocycles. The van der Waals surface area contributed by atoms with Crippen LogP contribution < -0.4 is 9.30 Å². The van der Waals surface area contributed by atoms with E-state index in [1.165, 1.54) is 0 Å². The van der Waals surface area contributed by atoms with E-state index in [0.717, 1.165) is 34.2 Å². The number of aromatic nitrogens is 4. The molecule has 0 radical (unpaired) electrons. The van der Waals surface area contributed by atoms with Crippen molar-refractivity contribution in [2.45, 2.75) is 72.6 Å². The number of benzene rings is 7. The Hall–Kier alpha value is -6.55. The van der Waals surface area contributed by atoms with Gasteiger partial charge in [-0.1, -0.05) is 170 Å². The van der Waals surface area contributed by atoms with E-state index < -0.39 is 30.2 Å². The number of hydrogen-bond donors (Lipinski definition) is 0. The molecule has 0 saturated heterocycles. The smallest absolute Gasteiger partial charge is 0.268 e. The van der Waals surface area contributed by atoms with E-state index in [4.69, 9.17) is 14.3 Å². The monoisotopic (exact) mass is 1050 g/mol. The van der Waals surface area contributed by atoms with E-state index >= 15 is 0 Å². The number of imidazole rings is 1. The van der Waals surface area contributed by atoms with Gasteiger partial charge >= 0.3 is 0 Å². The first-order valence-electron chi connectivity index (χ1n) is 27.3. The molecule has 0 aliphatic heterocycles. The van der Waals surface area contributed by atoms with Crippen LogP contribution >= 0.6 is 0 Å². The van der Waals surface area contributed by atoms with Gasteiger partial charge in [0.25, 0.3) is 6.33 Å². The van der Waals surface area contributed by atoms with Gasteiger partial charge in [-0.3, -0.25) is 4.57 Å². The van der Waals surface area contributed by atoms with Crippen LogP contribution in [0.25, 0.3) is 72.3 Å². The summed E-state index contributed by atoms with van der Waals surface area (Å²) in [5, 5.41) is 0.178. The third-order valence-electron chi connectivity index (χ3n) is 11.6. The molecule has 66 heavy (non-hydrogen) atoms. The first-order chi connectivity index (χ1) is 35.9. The van der Waals surface area contributed by atoms with Gasteiger partial charge in [-0.15, -0.1) is 29.6 Å². The Labute approximate surface area is 419 Å². The number of hydrogen-bond acceptors (Lipinski definition) is 2. The molecule has 10 rings (SSSR count). The van der Waals surface area contributed by atoms with E-state index in [1.807, 2.05) is 59.2 Å². The molecule has 0 bridgehead atoms. The predicted octanol–water partition coefficient (Wildman–Crippen LogP) is 14.7. The molecule has 0 fully saturated rings. The zero-order valence-corrected chi connectivity index (χ0v) is 40.3. The number of nitrogens with zero attached hydrogens (tertiary/aromatic N) is 4. The maximum atomic E-state index is 9.38. The summed E-state index contributed by atoms with van der Waals surface area (Å²) in [6.45, 7) is 17.2.